The van der Waals surface area contributed by atoms with Crippen LogP contribution in [0.4, 0.5) is 8.78 Å². The Morgan fingerprint density at radius 2 is 1.73 bits per heavy atom. The molecule has 9 heteroatoms. The van der Waals surface area contributed by atoms with Crippen molar-refractivity contribution in [3.05, 3.63) is 71.3 Å². The second kappa shape index (κ2) is 10.2. The lowest BCUT2D eigenvalue weighted by molar-refractivity contribution is -0.160. The summed E-state index contributed by atoms with van der Waals surface area (Å²) in [5, 5.41) is 10.7. The summed E-state index contributed by atoms with van der Waals surface area (Å²) in [4.78, 5) is 42.1. The van der Waals surface area contributed by atoms with Crippen LogP contribution in [0.2, 0.25) is 0 Å². The zero-order valence-electron chi connectivity index (χ0n) is 18.4. The van der Waals surface area contributed by atoms with Crippen molar-refractivity contribution in [2.75, 3.05) is 13.6 Å². The highest BCUT2D eigenvalue weighted by atomic mass is 19.1. The van der Waals surface area contributed by atoms with Gasteiger partial charge in [0.05, 0.1) is 6.04 Å². The summed E-state index contributed by atoms with van der Waals surface area (Å²) in [5.41, 5.74) is 6.18. The van der Waals surface area contributed by atoms with E-state index in [1.807, 2.05) is 0 Å². The van der Waals surface area contributed by atoms with Crippen LogP contribution in [0, 0.1) is 11.6 Å². The fourth-order valence-electron chi connectivity index (χ4n) is 4.16. The molecule has 1 heterocycles. The molecule has 3 N–H and O–H groups in total. The van der Waals surface area contributed by atoms with E-state index in [-0.39, 0.29) is 5.56 Å². The third kappa shape index (κ3) is 5.26. The number of carbonyl (C=O) groups is 3. The Bertz CT molecular complexity index is 1010. The molecule has 1 fully saturated rings. The number of amides is 3. The van der Waals surface area contributed by atoms with Gasteiger partial charge in [-0.3, -0.25) is 19.3 Å². The van der Waals surface area contributed by atoms with Crippen LogP contribution in [0.15, 0.2) is 48.5 Å². The summed E-state index contributed by atoms with van der Waals surface area (Å²) in [6, 6.07) is 8.74. The first-order chi connectivity index (χ1) is 15.6. The van der Waals surface area contributed by atoms with Crippen LogP contribution in [0.3, 0.4) is 0 Å². The van der Waals surface area contributed by atoms with E-state index in [0.717, 1.165) is 17.7 Å². The predicted molar refractivity (Wildman–Crippen MR) is 117 cm³/mol. The Kier molecular flexibility index (Phi) is 7.55. The summed E-state index contributed by atoms with van der Waals surface area (Å²) in [7, 11) is 1.57. The van der Waals surface area contributed by atoms with Gasteiger partial charge in [0.15, 0.2) is 6.10 Å². The number of imide groups is 1. The molecule has 7 nitrogen and oxygen atoms in total. The number of rotatable bonds is 5. The van der Waals surface area contributed by atoms with E-state index in [9.17, 15) is 28.3 Å². The van der Waals surface area contributed by atoms with Crippen molar-refractivity contribution in [1.29, 1.82) is 0 Å². The molecule has 0 aromatic heterocycles. The highest BCUT2D eigenvalue weighted by Gasteiger charge is 2.45. The summed E-state index contributed by atoms with van der Waals surface area (Å²) in [6.07, 6.45) is -0.953. The molecule has 3 amide bonds. The van der Waals surface area contributed by atoms with Gasteiger partial charge in [0.2, 0.25) is 11.8 Å². The first-order valence-corrected chi connectivity index (χ1v) is 10.7. The Labute approximate surface area is 190 Å². The molecule has 1 aliphatic heterocycles. The molecule has 2 aromatic rings. The third-order valence-corrected chi connectivity index (χ3v) is 5.82. The smallest absolute Gasteiger partial charge is 0.263 e. The monoisotopic (exact) mass is 459 g/mol. The summed E-state index contributed by atoms with van der Waals surface area (Å²) in [5.74, 6) is -5.06. The lowest BCUT2D eigenvalue weighted by Crippen LogP contribution is -2.58. The number of likely N-dealkylation sites (N-methyl/N-ethyl adjacent to an activating group) is 1. The number of aliphatic hydroxyl groups is 1. The quantitative estimate of drug-likeness (QED) is 0.713. The summed E-state index contributed by atoms with van der Waals surface area (Å²) in [6.45, 7) is 1.78. The van der Waals surface area contributed by atoms with E-state index < -0.39 is 53.5 Å². The molecule has 2 aromatic carbocycles. The van der Waals surface area contributed by atoms with Gasteiger partial charge in [-0.15, -0.1) is 0 Å². The lowest BCUT2D eigenvalue weighted by Gasteiger charge is -2.36. The third-order valence-electron chi connectivity index (χ3n) is 5.82. The Morgan fingerprint density at radius 1 is 1.12 bits per heavy atom. The molecule has 1 aliphatic rings. The minimum absolute atomic E-state index is 0.370. The highest BCUT2D eigenvalue weighted by Crippen LogP contribution is 2.34. The maximum atomic E-state index is 13.7. The van der Waals surface area contributed by atoms with E-state index in [4.69, 9.17) is 5.73 Å². The molecule has 176 valence electrons. The first-order valence-electron chi connectivity index (χ1n) is 10.7. The van der Waals surface area contributed by atoms with Crippen molar-refractivity contribution in [2.45, 2.75) is 43.9 Å². The van der Waals surface area contributed by atoms with E-state index in [1.165, 1.54) is 11.8 Å². The SMILES string of the molecule is C[C@H](N)C(=O)N(C(=O)[C@@H](O)c1cc(F)cc(F)c1)[C@@H]1C(=O)N(C)CCC[C@@H]1c1ccccc1. The molecule has 0 radical (unpaired) electrons. The minimum atomic E-state index is -2.07. The second-order valence-corrected chi connectivity index (χ2v) is 8.30. The molecule has 1 saturated heterocycles. The molecule has 4 atom stereocenters. The van der Waals surface area contributed by atoms with Crippen LogP contribution in [-0.2, 0) is 14.4 Å². The van der Waals surface area contributed by atoms with Crippen molar-refractivity contribution in [1.82, 2.24) is 9.80 Å². The van der Waals surface area contributed by atoms with Crippen molar-refractivity contribution in [3.8, 4) is 0 Å². The number of carbonyl (C=O) groups excluding carboxylic acids is 3. The van der Waals surface area contributed by atoms with Crippen molar-refractivity contribution in [2.24, 2.45) is 5.73 Å². The summed E-state index contributed by atoms with van der Waals surface area (Å²) < 4.78 is 27.4. The topological polar surface area (TPSA) is 104 Å². The van der Waals surface area contributed by atoms with Gasteiger partial charge in [0, 0.05) is 25.6 Å². The minimum Gasteiger partial charge on any atom is -0.378 e. The number of hydrogen-bond acceptors (Lipinski definition) is 5. The highest BCUT2D eigenvalue weighted by molar-refractivity contribution is 6.04. The Hall–Kier alpha value is -3.17. The Balaban J connectivity index is 2.12. The maximum absolute atomic E-state index is 13.7. The van der Waals surface area contributed by atoms with Crippen LogP contribution < -0.4 is 5.73 Å². The first kappa shape index (κ1) is 24.5. The average Bonchev–Trinajstić information content (AvgIpc) is 2.92. The zero-order chi connectivity index (χ0) is 24.3. The van der Waals surface area contributed by atoms with Gasteiger partial charge in [-0.2, -0.15) is 0 Å². The van der Waals surface area contributed by atoms with Gasteiger partial charge in [0.1, 0.15) is 17.7 Å². The van der Waals surface area contributed by atoms with Crippen LogP contribution in [0.5, 0.6) is 0 Å². The molecule has 0 saturated carbocycles. The molecule has 0 bridgehead atoms. The molecule has 0 unspecified atom stereocenters. The normalized spacial score (nSPS) is 20.7. The van der Waals surface area contributed by atoms with Crippen LogP contribution >= 0.6 is 0 Å². The fraction of sp³-hybridized carbons (Fsp3) is 0.375. The number of nitrogens with two attached hydrogens (primary N) is 1. The molecule has 0 spiro atoms. The lowest BCUT2D eigenvalue weighted by atomic mass is 9.86. The van der Waals surface area contributed by atoms with Gasteiger partial charge < -0.3 is 15.7 Å². The average molecular weight is 459 g/mol. The van der Waals surface area contributed by atoms with Gasteiger partial charge in [0.25, 0.3) is 5.91 Å². The number of hydrogen-bond donors (Lipinski definition) is 2. The number of benzene rings is 2. The summed E-state index contributed by atoms with van der Waals surface area (Å²) >= 11 is 0. The van der Waals surface area contributed by atoms with E-state index in [0.29, 0.717) is 30.4 Å². The zero-order valence-corrected chi connectivity index (χ0v) is 18.4. The molecular formula is C24H27F2N3O4. The molecular weight excluding hydrogens is 432 g/mol. The fourth-order valence-corrected chi connectivity index (χ4v) is 4.16. The van der Waals surface area contributed by atoms with E-state index in [2.05, 4.69) is 0 Å². The number of likely N-dealkylation sites (tertiary alicyclic amines) is 1. The number of nitrogens with zero attached hydrogens (tertiary/aromatic N) is 2. The number of halogens is 2. The largest absolute Gasteiger partial charge is 0.378 e. The standard InChI is InChI=1S/C24H27F2N3O4/c1-14(27)22(31)29(24(33)21(30)16-11-17(25)13-18(26)12-16)20-19(15-7-4-3-5-8-15)9-6-10-28(2)23(20)32/h3-5,7-8,11-14,19-21,30H,6,9-10,27H2,1-2H3/t14-,19+,20-,21-/m0/s1. The van der Waals surface area contributed by atoms with E-state index >= 15 is 0 Å². The molecule has 33 heavy (non-hydrogen) atoms. The van der Waals surface area contributed by atoms with Crippen LogP contribution in [0.1, 0.15) is 42.9 Å². The van der Waals surface area contributed by atoms with Crippen molar-refractivity contribution < 1.29 is 28.3 Å². The van der Waals surface area contributed by atoms with Crippen LogP contribution in [0.25, 0.3) is 0 Å². The Morgan fingerprint density at radius 3 is 2.30 bits per heavy atom. The number of aliphatic hydroxyl groups excluding tert-OH is 1. The van der Waals surface area contributed by atoms with E-state index in [1.54, 1.807) is 37.4 Å². The predicted octanol–water partition coefficient (Wildman–Crippen LogP) is 2.11. The van der Waals surface area contributed by atoms with Gasteiger partial charge in [-0.25, -0.2) is 8.78 Å². The second-order valence-electron chi connectivity index (χ2n) is 8.30. The van der Waals surface area contributed by atoms with Crippen molar-refractivity contribution >= 4 is 17.7 Å². The van der Waals surface area contributed by atoms with Gasteiger partial charge >= 0.3 is 0 Å². The van der Waals surface area contributed by atoms with Gasteiger partial charge in [-0.1, -0.05) is 30.3 Å². The van der Waals surface area contributed by atoms with Crippen LogP contribution in [-0.4, -0.2) is 58.3 Å². The molecule has 0 aliphatic carbocycles. The van der Waals surface area contributed by atoms with Crippen molar-refractivity contribution in [3.63, 3.8) is 0 Å². The maximum Gasteiger partial charge on any atom is 0.263 e. The van der Waals surface area contributed by atoms with Gasteiger partial charge in [-0.05, 0) is 43.0 Å². The molecule has 3 rings (SSSR count).